The van der Waals surface area contributed by atoms with Gasteiger partial charge in [-0.05, 0) is 18.4 Å². The molecule has 3 nitrogen and oxygen atoms in total. The first kappa shape index (κ1) is 14.4. The summed E-state index contributed by atoms with van der Waals surface area (Å²) < 4.78 is 7.70. The van der Waals surface area contributed by atoms with Gasteiger partial charge in [-0.1, -0.05) is 12.1 Å². The Morgan fingerprint density at radius 2 is 1.95 bits per heavy atom. The molecule has 0 radical (unpaired) electrons. The summed E-state index contributed by atoms with van der Waals surface area (Å²) >= 11 is 1.80. The third kappa shape index (κ3) is 3.06. The first-order valence-electron chi connectivity index (χ1n) is 7.26. The molecule has 0 N–H and O–H groups in total. The lowest BCUT2D eigenvalue weighted by Gasteiger charge is -2.29. The number of benzene rings is 1. The van der Waals surface area contributed by atoms with E-state index < -0.39 is 0 Å². The largest absolute Gasteiger partial charge is 0.378 e. The van der Waals surface area contributed by atoms with Gasteiger partial charge in [0, 0.05) is 36.7 Å². The number of aromatic nitrogens is 1. The lowest BCUT2D eigenvalue weighted by molar-refractivity contribution is -0.646. The summed E-state index contributed by atoms with van der Waals surface area (Å²) in [5, 5.41) is 2.58. The van der Waals surface area contributed by atoms with Crippen molar-refractivity contribution in [3.05, 3.63) is 47.1 Å². The summed E-state index contributed by atoms with van der Waals surface area (Å²) in [4.78, 5) is 2.41. The minimum atomic E-state index is 0.821. The highest BCUT2D eigenvalue weighted by Crippen LogP contribution is 2.21. The van der Waals surface area contributed by atoms with Gasteiger partial charge < -0.3 is 9.64 Å². The zero-order valence-corrected chi connectivity index (χ0v) is 13.4. The molecule has 3 rings (SSSR count). The zero-order chi connectivity index (χ0) is 14.7. The molecule has 0 bridgehead atoms. The first-order chi connectivity index (χ1) is 10.3. The van der Waals surface area contributed by atoms with Crippen molar-refractivity contribution < 1.29 is 9.30 Å². The van der Waals surface area contributed by atoms with Gasteiger partial charge in [0.15, 0.2) is 0 Å². The Morgan fingerprint density at radius 3 is 2.71 bits per heavy atom. The van der Waals surface area contributed by atoms with Crippen LogP contribution in [0, 0.1) is 0 Å². The van der Waals surface area contributed by atoms with Gasteiger partial charge >= 0.3 is 0 Å². The summed E-state index contributed by atoms with van der Waals surface area (Å²) in [5.41, 5.74) is 2.48. The number of para-hydroxylation sites is 1. The summed E-state index contributed by atoms with van der Waals surface area (Å²) in [6.07, 6.45) is 4.42. The van der Waals surface area contributed by atoms with Crippen LogP contribution in [0.4, 0.5) is 0 Å². The molecule has 1 aromatic heterocycles. The van der Waals surface area contributed by atoms with Crippen LogP contribution in [0.3, 0.4) is 0 Å². The number of aryl methyl sites for hydroxylation is 1. The molecule has 0 aliphatic carbocycles. The second-order valence-electron chi connectivity index (χ2n) is 5.16. The standard InChI is InChI=1S/C17H21N2OS/c1-18-15(8-7-14-5-3-4-6-16(14)18)13-17(21-2)19-9-11-20-12-10-19/h3-8,13H,9-12H2,1-2H3/q+1. The Bertz CT molecular complexity index is 663. The smallest absolute Gasteiger partial charge is 0.212 e. The number of nitrogens with zero attached hydrogens (tertiary/aromatic N) is 2. The van der Waals surface area contributed by atoms with Crippen molar-refractivity contribution in [2.75, 3.05) is 32.6 Å². The SMILES string of the molecule is CS/C(=C\c1ccc2ccccc2[n+]1C)N1CCOCC1. The molecule has 1 saturated heterocycles. The Morgan fingerprint density at radius 1 is 1.19 bits per heavy atom. The fourth-order valence-corrected chi connectivity index (χ4v) is 3.37. The average molecular weight is 301 g/mol. The van der Waals surface area contributed by atoms with Crippen LogP contribution in [-0.4, -0.2) is 37.5 Å². The minimum absolute atomic E-state index is 0.821. The second-order valence-corrected chi connectivity index (χ2v) is 5.99. The molecule has 2 heterocycles. The van der Waals surface area contributed by atoms with E-state index >= 15 is 0 Å². The Kier molecular flexibility index (Phi) is 4.46. The average Bonchev–Trinajstić information content (AvgIpc) is 2.55. The Hall–Kier alpha value is -1.52. The minimum Gasteiger partial charge on any atom is -0.378 e. The number of thioether (sulfide) groups is 1. The summed E-state index contributed by atoms with van der Waals surface area (Å²) in [7, 11) is 2.13. The fraction of sp³-hybridized carbons (Fsp3) is 0.353. The van der Waals surface area contributed by atoms with Crippen LogP contribution in [0.15, 0.2) is 41.4 Å². The van der Waals surface area contributed by atoms with Gasteiger partial charge in [0.25, 0.3) is 0 Å². The highest BCUT2D eigenvalue weighted by Gasteiger charge is 2.16. The van der Waals surface area contributed by atoms with E-state index in [1.807, 2.05) is 0 Å². The Balaban J connectivity index is 1.98. The molecule has 1 fully saturated rings. The van der Waals surface area contributed by atoms with Crippen LogP contribution in [-0.2, 0) is 11.8 Å². The normalized spacial score (nSPS) is 16.5. The molecule has 0 spiro atoms. The van der Waals surface area contributed by atoms with Gasteiger partial charge in [0.2, 0.25) is 11.2 Å². The van der Waals surface area contributed by atoms with E-state index in [-0.39, 0.29) is 0 Å². The van der Waals surface area contributed by atoms with Crippen LogP contribution >= 0.6 is 11.8 Å². The molecule has 21 heavy (non-hydrogen) atoms. The van der Waals surface area contributed by atoms with Crippen molar-refractivity contribution in [2.45, 2.75) is 0 Å². The third-order valence-corrected chi connectivity index (χ3v) is 4.72. The summed E-state index contributed by atoms with van der Waals surface area (Å²) in [6.45, 7) is 3.59. The predicted octanol–water partition coefficient (Wildman–Crippen LogP) is 2.66. The maximum atomic E-state index is 5.44. The van der Waals surface area contributed by atoms with E-state index in [1.54, 1.807) is 11.8 Å². The van der Waals surface area contributed by atoms with Crippen LogP contribution < -0.4 is 4.57 Å². The highest BCUT2D eigenvalue weighted by molar-refractivity contribution is 8.02. The molecule has 1 aromatic carbocycles. The van der Waals surface area contributed by atoms with Crippen molar-refractivity contribution in [3.8, 4) is 0 Å². The number of rotatable bonds is 3. The van der Waals surface area contributed by atoms with Crippen LogP contribution in [0.1, 0.15) is 5.69 Å². The number of hydrogen-bond acceptors (Lipinski definition) is 3. The van der Waals surface area contributed by atoms with Crippen molar-refractivity contribution in [1.29, 1.82) is 0 Å². The van der Waals surface area contributed by atoms with Gasteiger partial charge in [-0.2, -0.15) is 4.57 Å². The molecule has 0 saturated carbocycles. The van der Waals surface area contributed by atoms with Crippen LogP contribution in [0.2, 0.25) is 0 Å². The van der Waals surface area contributed by atoms with E-state index in [2.05, 4.69) is 65.2 Å². The molecule has 0 atom stereocenters. The zero-order valence-electron chi connectivity index (χ0n) is 12.6. The first-order valence-corrected chi connectivity index (χ1v) is 8.48. The van der Waals surface area contributed by atoms with Gasteiger partial charge in [-0.15, -0.1) is 11.8 Å². The third-order valence-electron chi connectivity index (χ3n) is 3.92. The van der Waals surface area contributed by atoms with E-state index in [0.29, 0.717) is 0 Å². The highest BCUT2D eigenvalue weighted by atomic mass is 32.2. The van der Waals surface area contributed by atoms with Gasteiger partial charge in [0.05, 0.1) is 18.2 Å². The van der Waals surface area contributed by atoms with E-state index in [9.17, 15) is 0 Å². The van der Waals surface area contributed by atoms with Crippen LogP contribution in [0.5, 0.6) is 0 Å². The molecule has 1 aliphatic rings. The van der Waals surface area contributed by atoms with E-state index in [4.69, 9.17) is 4.74 Å². The molecule has 110 valence electrons. The molecule has 0 unspecified atom stereocenters. The number of hydrogen-bond donors (Lipinski definition) is 0. The topological polar surface area (TPSA) is 16.4 Å². The van der Waals surface area contributed by atoms with Crippen molar-refractivity contribution >= 4 is 28.7 Å². The molecule has 4 heteroatoms. The Labute approximate surface area is 130 Å². The number of pyridine rings is 1. The molecular weight excluding hydrogens is 280 g/mol. The number of morpholine rings is 1. The molecule has 2 aromatic rings. The summed E-state index contributed by atoms with van der Waals surface area (Å²) in [5.74, 6) is 0. The lowest BCUT2D eigenvalue weighted by Crippen LogP contribution is -2.36. The second kappa shape index (κ2) is 6.50. The molecular formula is C17H21N2OS+. The number of fused-ring (bicyclic) bond motifs is 1. The van der Waals surface area contributed by atoms with Crippen molar-refractivity contribution in [3.63, 3.8) is 0 Å². The maximum absolute atomic E-state index is 5.44. The lowest BCUT2D eigenvalue weighted by atomic mass is 10.2. The maximum Gasteiger partial charge on any atom is 0.212 e. The van der Waals surface area contributed by atoms with Gasteiger partial charge in [0.1, 0.15) is 7.05 Å². The molecule has 1 aliphatic heterocycles. The monoisotopic (exact) mass is 301 g/mol. The van der Waals surface area contributed by atoms with Crippen LogP contribution in [0.25, 0.3) is 17.0 Å². The summed E-state index contributed by atoms with van der Waals surface area (Å²) in [6, 6.07) is 12.9. The van der Waals surface area contributed by atoms with Gasteiger partial charge in [-0.25, -0.2) is 0 Å². The quantitative estimate of drug-likeness (QED) is 0.811. The fourth-order valence-electron chi connectivity index (χ4n) is 2.69. The van der Waals surface area contributed by atoms with Gasteiger partial charge in [-0.3, -0.25) is 0 Å². The number of ether oxygens (including phenoxy) is 1. The van der Waals surface area contributed by atoms with Crippen molar-refractivity contribution in [2.24, 2.45) is 7.05 Å². The van der Waals surface area contributed by atoms with E-state index in [0.717, 1.165) is 26.3 Å². The molecule has 0 amide bonds. The predicted molar refractivity (Wildman–Crippen MR) is 89.0 cm³/mol. The van der Waals surface area contributed by atoms with Crippen molar-refractivity contribution in [1.82, 2.24) is 4.90 Å². The van der Waals surface area contributed by atoms with E-state index in [1.165, 1.54) is 21.6 Å².